The lowest BCUT2D eigenvalue weighted by Gasteiger charge is -2.33. The lowest BCUT2D eigenvalue weighted by molar-refractivity contribution is -0.387. The molecule has 152 valence electrons. The Kier molecular flexibility index (Phi) is 4.77. The lowest BCUT2D eigenvalue weighted by atomic mass is 9.89. The Morgan fingerprint density at radius 2 is 1.90 bits per heavy atom. The Labute approximate surface area is 167 Å². The standard InChI is InChI=1S/C20H20FN3O4S/c1-29(27,28)20-11-15(3-5-19(20)24(25)26)23-8-6-13(7-9-23)17-12-22-18-10-14(21)2-4-16(17)18/h2-5,10-13,22H,6-9H2,1H3. The number of aromatic nitrogens is 1. The highest BCUT2D eigenvalue weighted by Crippen LogP contribution is 2.36. The zero-order valence-electron chi connectivity index (χ0n) is 15.8. The Hall–Kier alpha value is -2.94. The van der Waals surface area contributed by atoms with E-state index in [0.29, 0.717) is 24.7 Å². The third-order valence-electron chi connectivity index (χ3n) is 5.52. The van der Waals surface area contributed by atoms with Crippen molar-refractivity contribution in [2.75, 3.05) is 24.2 Å². The van der Waals surface area contributed by atoms with Crippen molar-refractivity contribution in [2.24, 2.45) is 0 Å². The Morgan fingerprint density at radius 1 is 1.17 bits per heavy atom. The van der Waals surface area contributed by atoms with Gasteiger partial charge in [0.05, 0.1) is 4.92 Å². The minimum absolute atomic E-state index is 0.263. The molecule has 9 heteroatoms. The van der Waals surface area contributed by atoms with Gasteiger partial charge in [-0.15, -0.1) is 0 Å². The Bertz CT molecular complexity index is 1200. The van der Waals surface area contributed by atoms with Gasteiger partial charge in [-0.1, -0.05) is 0 Å². The Morgan fingerprint density at radius 3 is 2.55 bits per heavy atom. The van der Waals surface area contributed by atoms with Gasteiger partial charge in [-0.25, -0.2) is 12.8 Å². The van der Waals surface area contributed by atoms with Crippen molar-refractivity contribution in [3.63, 3.8) is 0 Å². The monoisotopic (exact) mass is 417 g/mol. The van der Waals surface area contributed by atoms with E-state index in [4.69, 9.17) is 0 Å². The molecule has 4 rings (SSSR count). The van der Waals surface area contributed by atoms with E-state index in [-0.39, 0.29) is 10.7 Å². The molecule has 0 saturated carbocycles. The highest BCUT2D eigenvalue weighted by Gasteiger charge is 2.27. The number of nitro groups is 1. The third kappa shape index (κ3) is 3.69. The van der Waals surface area contributed by atoms with E-state index in [1.165, 1.54) is 24.3 Å². The van der Waals surface area contributed by atoms with Crippen molar-refractivity contribution < 1.29 is 17.7 Å². The van der Waals surface area contributed by atoms with Crippen LogP contribution in [0.3, 0.4) is 0 Å². The number of nitrogens with one attached hydrogen (secondary N) is 1. The summed E-state index contributed by atoms with van der Waals surface area (Å²) in [5.41, 5.74) is 2.18. The van der Waals surface area contributed by atoms with Gasteiger partial charge in [0.25, 0.3) is 5.69 Å². The fraction of sp³-hybridized carbons (Fsp3) is 0.300. The topological polar surface area (TPSA) is 96.3 Å². The molecule has 0 amide bonds. The second-order valence-electron chi connectivity index (χ2n) is 7.38. The van der Waals surface area contributed by atoms with Crippen LogP contribution in [-0.4, -0.2) is 37.7 Å². The van der Waals surface area contributed by atoms with Crippen molar-refractivity contribution in [1.82, 2.24) is 4.98 Å². The van der Waals surface area contributed by atoms with Crippen LogP contribution in [0, 0.1) is 15.9 Å². The van der Waals surface area contributed by atoms with Gasteiger partial charge in [0.15, 0.2) is 9.84 Å². The summed E-state index contributed by atoms with van der Waals surface area (Å²) in [5, 5.41) is 12.2. The predicted octanol–water partition coefficient (Wildman–Crippen LogP) is 4.00. The highest BCUT2D eigenvalue weighted by atomic mass is 32.2. The van der Waals surface area contributed by atoms with Crippen LogP contribution in [0.25, 0.3) is 10.9 Å². The van der Waals surface area contributed by atoms with Crippen molar-refractivity contribution in [2.45, 2.75) is 23.7 Å². The van der Waals surface area contributed by atoms with Crippen LogP contribution in [0.4, 0.5) is 15.8 Å². The number of nitro benzene ring substituents is 1. The molecule has 1 aliphatic heterocycles. The van der Waals surface area contributed by atoms with Gasteiger partial charge in [0.2, 0.25) is 0 Å². The molecule has 0 bridgehead atoms. The van der Waals surface area contributed by atoms with Crippen LogP contribution in [0.2, 0.25) is 0 Å². The number of halogens is 1. The van der Waals surface area contributed by atoms with Crippen LogP contribution in [0.5, 0.6) is 0 Å². The number of benzene rings is 2. The maximum absolute atomic E-state index is 13.4. The smallest absolute Gasteiger partial charge is 0.288 e. The van der Waals surface area contributed by atoms with Gasteiger partial charge in [-0.2, -0.15) is 0 Å². The fourth-order valence-electron chi connectivity index (χ4n) is 4.05. The minimum Gasteiger partial charge on any atom is -0.371 e. The molecule has 0 radical (unpaired) electrons. The van der Waals surface area contributed by atoms with E-state index in [9.17, 15) is 22.9 Å². The van der Waals surface area contributed by atoms with E-state index in [0.717, 1.165) is 35.6 Å². The summed E-state index contributed by atoms with van der Waals surface area (Å²) in [6.07, 6.45) is 4.59. The van der Waals surface area contributed by atoms with E-state index in [1.54, 1.807) is 12.1 Å². The second-order valence-corrected chi connectivity index (χ2v) is 9.36. The maximum Gasteiger partial charge on any atom is 0.288 e. The van der Waals surface area contributed by atoms with Crippen LogP contribution in [-0.2, 0) is 9.84 Å². The highest BCUT2D eigenvalue weighted by molar-refractivity contribution is 7.90. The second kappa shape index (κ2) is 7.14. The first-order valence-corrected chi connectivity index (χ1v) is 11.1. The average molecular weight is 417 g/mol. The zero-order chi connectivity index (χ0) is 20.8. The number of piperidine rings is 1. The predicted molar refractivity (Wildman–Crippen MR) is 109 cm³/mol. The van der Waals surface area contributed by atoms with Gasteiger partial charge < -0.3 is 9.88 Å². The van der Waals surface area contributed by atoms with Crippen molar-refractivity contribution in [3.05, 3.63) is 64.1 Å². The van der Waals surface area contributed by atoms with Crippen LogP contribution in [0.1, 0.15) is 24.3 Å². The van der Waals surface area contributed by atoms with Crippen LogP contribution >= 0.6 is 0 Å². The molecule has 1 aliphatic rings. The van der Waals surface area contributed by atoms with Gasteiger partial charge >= 0.3 is 0 Å². The number of anilines is 1. The number of fused-ring (bicyclic) bond motifs is 1. The molecular formula is C20H20FN3O4S. The summed E-state index contributed by atoms with van der Waals surface area (Å²) in [7, 11) is -3.72. The molecule has 0 atom stereocenters. The molecule has 1 fully saturated rings. The molecule has 29 heavy (non-hydrogen) atoms. The van der Waals surface area contributed by atoms with Crippen LogP contribution in [0.15, 0.2) is 47.5 Å². The molecule has 0 unspecified atom stereocenters. The number of aromatic amines is 1. The molecule has 1 saturated heterocycles. The number of sulfone groups is 1. The molecule has 2 aromatic carbocycles. The molecule has 1 N–H and O–H groups in total. The van der Waals surface area contributed by atoms with Crippen LogP contribution < -0.4 is 4.90 Å². The van der Waals surface area contributed by atoms with Gasteiger partial charge in [0, 0.05) is 48.2 Å². The molecule has 7 nitrogen and oxygen atoms in total. The molecule has 0 aliphatic carbocycles. The third-order valence-corrected chi connectivity index (χ3v) is 6.64. The van der Waals surface area contributed by atoms with Gasteiger partial charge in [-0.3, -0.25) is 10.1 Å². The summed E-state index contributed by atoms with van der Waals surface area (Å²) in [6, 6.07) is 8.98. The molecule has 2 heterocycles. The molecule has 0 spiro atoms. The summed E-state index contributed by atoms with van der Waals surface area (Å²) in [4.78, 5) is 15.4. The largest absolute Gasteiger partial charge is 0.371 e. The zero-order valence-corrected chi connectivity index (χ0v) is 16.6. The first-order valence-electron chi connectivity index (χ1n) is 9.24. The molecular weight excluding hydrogens is 397 g/mol. The molecule has 3 aromatic rings. The normalized spacial score (nSPS) is 15.7. The quantitative estimate of drug-likeness (QED) is 0.511. The van der Waals surface area contributed by atoms with Crippen molar-refractivity contribution >= 4 is 32.1 Å². The van der Waals surface area contributed by atoms with Gasteiger partial charge in [0.1, 0.15) is 10.7 Å². The van der Waals surface area contributed by atoms with E-state index in [1.807, 2.05) is 11.1 Å². The number of hydrogen-bond acceptors (Lipinski definition) is 5. The summed E-state index contributed by atoms with van der Waals surface area (Å²) in [6.45, 7) is 1.39. The van der Waals surface area contributed by atoms with E-state index < -0.39 is 20.4 Å². The average Bonchev–Trinajstić information content (AvgIpc) is 3.10. The number of H-pyrrole nitrogens is 1. The number of nitrogens with zero attached hydrogens (tertiary/aromatic N) is 2. The summed E-state index contributed by atoms with van der Waals surface area (Å²) in [5.74, 6) is 0.0264. The van der Waals surface area contributed by atoms with E-state index >= 15 is 0 Å². The Balaban J connectivity index is 1.56. The van der Waals surface area contributed by atoms with Crippen molar-refractivity contribution in [3.8, 4) is 0 Å². The molecule has 1 aromatic heterocycles. The van der Waals surface area contributed by atoms with Crippen molar-refractivity contribution in [1.29, 1.82) is 0 Å². The van der Waals surface area contributed by atoms with Gasteiger partial charge in [-0.05, 0) is 54.7 Å². The number of rotatable bonds is 4. The number of hydrogen-bond donors (Lipinski definition) is 1. The lowest BCUT2D eigenvalue weighted by Crippen LogP contribution is -2.33. The maximum atomic E-state index is 13.4. The SMILES string of the molecule is CS(=O)(=O)c1cc(N2CCC(c3c[nH]c4cc(F)ccc34)CC2)ccc1[N+](=O)[O-]. The summed E-state index contributed by atoms with van der Waals surface area (Å²) >= 11 is 0. The fourth-order valence-corrected chi connectivity index (χ4v) is 4.91. The minimum atomic E-state index is -3.72. The van der Waals surface area contributed by atoms with E-state index in [2.05, 4.69) is 4.98 Å². The first kappa shape index (κ1) is 19.4. The first-order chi connectivity index (χ1) is 13.7. The summed E-state index contributed by atoms with van der Waals surface area (Å²) < 4.78 is 37.4.